The summed E-state index contributed by atoms with van der Waals surface area (Å²) in [6, 6.07) is 15.6. The van der Waals surface area contributed by atoms with Gasteiger partial charge in [0.15, 0.2) is 5.71 Å². The molecule has 8 nitrogen and oxygen atoms in total. The van der Waals surface area contributed by atoms with Crippen molar-refractivity contribution in [2.24, 2.45) is 5.10 Å². The Bertz CT molecular complexity index is 1320. The molecule has 0 aliphatic carbocycles. The molecule has 2 heterocycles. The van der Waals surface area contributed by atoms with Crippen LogP contribution in [0.15, 0.2) is 59.7 Å². The number of likely N-dealkylation sites (N-methyl/N-ethyl adjacent to an activating group) is 1. The molecule has 8 heteroatoms. The quantitative estimate of drug-likeness (QED) is 0.466. The highest BCUT2D eigenvalue weighted by Gasteiger charge is 2.33. The number of anilines is 1. The van der Waals surface area contributed by atoms with E-state index in [0.717, 1.165) is 41.4 Å². The number of carbonyl (C=O) groups excluding carboxylic acids is 2. The Morgan fingerprint density at radius 2 is 1.85 bits per heavy atom. The normalized spacial score (nSPS) is 16.3. The van der Waals surface area contributed by atoms with Crippen molar-refractivity contribution in [3.8, 4) is 22.6 Å². The SMILES string of the molecule is CN1CCc2c(-c3ccccc3)cc3c(c2C1)NC(=O)C3=NNC(=O)c1ccc(O)cc1O. The lowest BCUT2D eigenvalue weighted by molar-refractivity contribution is -0.110. The number of amides is 2. The number of hydrazone groups is 1. The molecule has 5 rings (SSSR count). The molecular weight excluding hydrogens is 420 g/mol. The van der Waals surface area contributed by atoms with Crippen molar-refractivity contribution < 1.29 is 19.8 Å². The molecule has 0 unspecified atom stereocenters. The molecule has 2 amide bonds. The maximum atomic E-state index is 12.8. The average molecular weight is 442 g/mol. The molecule has 4 N–H and O–H groups in total. The minimum absolute atomic E-state index is 0.0622. The van der Waals surface area contributed by atoms with Gasteiger partial charge in [0.05, 0.1) is 11.3 Å². The van der Waals surface area contributed by atoms with Crippen LogP contribution in [-0.4, -0.2) is 46.2 Å². The lowest BCUT2D eigenvalue weighted by atomic mass is 9.87. The first-order chi connectivity index (χ1) is 15.9. The number of aromatic hydroxyl groups is 2. The van der Waals surface area contributed by atoms with Crippen LogP contribution < -0.4 is 10.7 Å². The fourth-order valence-corrected chi connectivity index (χ4v) is 4.38. The molecule has 0 spiro atoms. The maximum Gasteiger partial charge on any atom is 0.276 e. The van der Waals surface area contributed by atoms with Gasteiger partial charge in [-0.1, -0.05) is 30.3 Å². The number of nitrogens with one attached hydrogen (secondary N) is 2. The maximum absolute atomic E-state index is 12.8. The summed E-state index contributed by atoms with van der Waals surface area (Å²) in [7, 11) is 2.04. The lowest BCUT2D eigenvalue weighted by Crippen LogP contribution is -2.27. The van der Waals surface area contributed by atoms with Crippen LogP contribution in [-0.2, 0) is 17.8 Å². The fraction of sp³-hybridized carbons (Fsp3) is 0.160. The first-order valence-electron chi connectivity index (χ1n) is 10.6. The number of fused-ring (bicyclic) bond motifs is 3. The number of hydrogen-bond donors (Lipinski definition) is 4. The predicted octanol–water partition coefficient (Wildman–Crippen LogP) is 2.84. The molecule has 0 bridgehead atoms. The van der Waals surface area contributed by atoms with E-state index in [2.05, 4.69) is 20.7 Å². The highest BCUT2D eigenvalue weighted by atomic mass is 16.3. The Balaban J connectivity index is 1.57. The minimum Gasteiger partial charge on any atom is -0.508 e. The molecular formula is C25H22N4O4. The number of benzene rings is 3. The summed E-state index contributed by atoms with van der Waals surface area (Å²) in [6.45, 7) is 1.62. The standard InChI is InChI=1S/C25H22N4O4/c1-29-10-9-16-18(14-5-3-2-4-6-14)12-19-22(20(16)13-29)26-25(33)23(19)27-28-24(32)17-8-7-15(30)11-21(17)31/h2-8,11-12,30-31H,9-10,13H2,1H3,(H,28,32)(H,26,27,33). The molecule has 0 fully saturated rings. The van der Waals surface area contributed by atoms with Gasteiger partial charge in [0.2, 0.25) is 0 Å². The number of hydrogen-bond acceptors (Lipinski definition) is 6. The highest BCUT2D eigenvalue weighted by Crippen LogP contribution is 2.40. The van der Waals surface area contributed by atoms with Crippen molar-refractivity contribution in [1.82, 2.24) is 10.3 Å². The van der Waals surface area contributed by atoms with Gasteiger partial charge in [-0.2, -0.15) is 5.10 Å². The van der Waals surface area contributed by atoms with Crippen LogP contribution >= 0.6 is 0 Å². The molecule has 33 heavy (non-hydrogen) atoms. The number of phenols is 2. The van der Waals surface area contributed by atoms with Gasteiger partial charge in [-0.3, -0.25) is 9.59 Å². The number of phenolic OH excluding ortho intramolecular Hbond substituents is 2. The van der Waals surface area contributed by atoms with Crippen molar-refractivity contribution in [2.45, 2.75) is 13.0 Å². The van der Waals surface area contributed by atoms with Gasteiger partial charge in [-0.05, 0) is 53.9 Å². The van der Waals surface area contributed by atoms with Gasteiger partial charge in [-0.25, -0.2) is 5.43 Å². The summed E-state index contributed by atoms with van der Waals surface area (Å²) >= 11 is 0. The second-order valence-electron chi connectivity index (χ2n) is 8.21. The fourth-order valence-electron chi connectivity index (χ4n) is 4.38. The van der Waals surface area contributed by atoms with Gasteiger partial charge < -0.3 is 20.4 Å². The number of rotatable bonds is 3. The number of nitrogens with zero attached hydrogens (tertiary/aromatic N) is 2. The zero-order chi connectivity index (χ0) is 23.1. The molecule has 0 saturated carbocycles. The zero-order valence-corrected chi connectivity index (χ0v) is 17.9. The van der Waals surface area contributed by atoms with Gasteiger partial charge >= 0.3 is 0 Å². The largest absolute Gasteiger partial charge is 0.508 e. The van der Waals surface area contributed by atoms with Crippen LogP contribution in [0.5, 0.6) is 11.5 Å². The Morgan fingerprint density at radius 3 is 2.61 bits per heavy atom. The van der Waals surface area contributed by atoms with Crippen LogP contribution in [0.3, 0.4) is 0 Å². The summed E-state index contributed by atoms with van der Waals surface area (Å²) in [4.78, 5) is 27.5. The Labute approximate surface area is 190 Å². The van der Waals surface area contributed by atoms with Crippen LogP contribution in [0.1, 0.15) is 27.0 Å². The molecule has 166 valence electrons. The summed E-state index contributed by atoms with van der Waals surface area (Å²) in [5.74, 6) is -1.64. The topological polar surface area (TPSA) is 114 Å². The molecule has 3 aromatic carbocycles. The van der Waals surface area contributed by atoms with E-state index in [-0.39, 0.29) is 22.8 Å². The second kappa shape index (κ2) is 8.07. The lowest BCUT2D eigenvalue weighted by Gasteiger charge is -2.29. The molecule has 0 saturated heterocycles. The minimum atomic E-state index is -0.692. The van der Waals surface area contributed by atoms with E-state index in [4.69, 9.17) is 0 Å². The van der Waals surface area contributed by atoms with E-state index in [1.54, 1.807) is 0 Å². The highest BCUT2D eigenvalue weighted by molar-refractivity contribution is 6.54. The molecule has 3 aromatic rings. The summed E-state index contributed by atoms with van der Waals surface area (Å²) < 4.78 is 0. The molecule has 2 aliphatic rings. The van der Waals surface area contributed by atoms with Crippen molar-refractivity contribution in [3.63, 3.8) is 0 Å². The van der Waals surface area contributed by atoms with Crippen LogP contribution in [0, 0.1) is 0 Å². The summed E-state index contributed by atoms with van der Waals surface area (Å²) in [5.41, 5.74) is 8.11. The third kappa shape index (κ3) is 3.70. The predicted molar refractivity (Wildman–Crippen MR) is 124 cm³/mol. The Kier molecular flexibility index (Phi) is 5.07. The molecule has 0 atom stereocenters. The first-order valence-corrected chi connectivity index (χ1v) is 10.6. The Hall–Kier alpha value is -4.17. The summed E-state index contributed by atoms with van der Waals surface area (Å²) in [5, 5.41) is 26.4. The van der Waals surface area contributed by atoms with Crippen molar-refractivity contribution in [3.05, 3.63) is 76.9 Å². The second-order valence-corrected chi connectivity index (χ2v) is 8.21. The zero-order valence-electron chi connectivity index (χ0n) is 17.9. The van der Waals surface area contributed by atoms with E-state index in [1.807, 2.05) is 43.4 Å². The van der Waals surface area contributed by atoms with Crippen molar-refractivity contribution in [2.75, 3.05) is 18.9 Å². The average Bonchev–Trinajstić information content (AvgIpc) is 3.12. The Morgan fingerprint density at radius 1 is 1.06 bits per heavy atom. The van der Waals surface area contributed by atoms with E-state index >= 15 is 0 Å². The van der Waals surface area contributed by atoms with E-state index in [1.165, 1.54) is 17.7 Å². The third-order valence-electron chi connectivity index (χ3n) is 6.01. The molecule has 0 radical (unpaired) electrons. The molecule has 2 aliphatic heterocycles. The monoisotopic (exact) mass is 442 g/mol. The van der Waals surface area contributed by atoms with E-state index < -0.39 is 11.8 Å². The third-order valence-corrected chi connectivity index (χ3v) is 6.01. The number of carbonyl (C=O) groups is 2. The van der Waals surface area contributed by atoms with Crippen molar-refractivity contribution in [1.29, 1.82) is 0 Å². The van der Waals surface area contributed by atoms with Crippen molar-refractivity contribution >= 4 is 23.2 Å². The van der Waals surface area contributed by atoms with E-state index in [9.17, 15) is 19.8 Å². The van der Waals surface area contributed by atoms with Gasteiger partial charge in [0, 0.05) is 24.7 Å². The van der Waals surface area contributed by atoms with Crippen LogP contribution in [0.2, 0.25) is 0 Å². The van der Waals surface area contributed by atoms with Gasteiger partial charge in [0.25, 0.3) is 11.8 Å². The molecule has 0 aromatic heterocycles. The first kappa shape index (κ1) is 20.7. The summed E-state index contributed by atoms with van der Waals surface area (Å²) in [6.07, 6.45) is 0.864. The van der Waals surface area contributed by atoms with Crippen LogP contribution in [0.4, 0.5) is 5.69 Å². The van der Waals surface area contributed by atoms with Gasteiger partial charge in [0.1, 0.15) is 11.5 Å². The van der Waals surface area contributed by atoms with Crippen LogP contribution in [0.25, 0.3) is 11.1 Å². The van der Waals surface area contributed by atoms with Gasteiger partial charge in [-0.15, -0.1) is 0 Å². The van der Waals surface area contributed by atoms with E-state index in [0.29, 0.717) is 12.1 Å². The smallest absolute Gasteiger partial charge is 0.276 e.